The van der Waals surface area contributed by atoms with Crippen LogP contribution in [0, 0.1) is 0 Å². The van der Waals surface area contributed by atoms with Crippen LogP contribution in [0.5, 0.6) is 0 Å². The average Bonchev–Trinajstić information content (AvgIpc) is 2.75. The zero-order chi connectivity index (χ0) is 8.39. The highest BCUT2D eigenvalue weighted by molar-refractivity contribution is 7.12. The summed E-state index contributed by atoms with van der Waals surface area (Å²) in [5.74, 6) is 0.513. The third-order valence-corrected chi connectivity index (χ3v) is 2.21. The molecule has 0 unspecified atom stereocenters. The number of rotatable bonds is 2. The summed E-state index contributed by atoms with van der Waals surface area (Å²) in [6.45, 7) is 0. The number of thiophene rings is 1. The van der Waals surface area contributed by atoms with Gasteiger partial charge in [-0.2, -0.15) is 4.98 Å². The van der Waals surface area contributed by atoms with Gasteiger partial charge >= 0.3 is 0 Å². The van der Waals surface area contributed by atoms with Gasteiger partial charge in [0, 0.05) is 10.9 Å². The summed E-state index contributed by atoms with van der Waals surface area (Å²) in [6, 6.07) is 1.72. The predicted octanol–water partition coefficient (Wildman–Crippen LogP) is 1.61. The van der Waals surface area contributed by atoms with Gasteiger partial charge in [0.15, 0.2) is 6.29 Å². The van der Waals surface area contributed by atoms with Gasteiger partial charge in [0.2, 0.25) is 12.2 Å². The lowest BCUT2D eigenvalue weighted by atomic mass is 10.3. The summed E-state index contributed by atoms with van der Waals surface area (Å²) in [7, 11) is 0. The van der Waals surface area contributed by atoms with Crippen molar-refractivity contribution in [1.82, 2.24) is 10.1 Å². The van der Waals surface area contributed by atoms with Gasteiger partial charge in [-0.25, -0.2) is 0 Å². The van der Waals surface area contributed by atoms with Crippen LogP contribution in [-0.2, 0) is 0 Å². The molecule has 0 fully saturated rings. The molecular weight excluding hydrogens is 176 g/mol. The van der Waals surface area contributed by atoms with Crippen molar-refractivity contribution in [2.45, 2.75) is 0 Å². The highest BCUT2D eigenvalue weighted by Gasteiger charge is 2.05. The first-order chi connectivity index (χ1) is 5.90. The third kappa shape index (κ3) is 1.14. The molecule has 12 heavy (non-hydrogen) atoms. The Morgan fingerprint density at radius 1 is 1.58 bits per heavy atom. The Bertz CT molecular complexity index is 380. The number of hydrogen-bond acceptors (Lipinski definition) is 5. The van der Waals surface area contributed by atoms with Gasteiger partial charge in [0.25, 0.3) is 0 Å². The Morgan fingerprint density at radius 3 is 3.08 bits per heavy atom. The van der Waals surface area contributed by atoms with Crippen LogP contribution in [0.1, 0.15) is 9.67 Å². The van der Waals surface area contributed by atoms with Crippen molar-refractivity contribution in [2.24, 2.45) is 0 Å². The molecular formula is C7H4N2O2S. The molecule has 0 radical (unpaired) electrons. The Labute approximate surface area is 71.8 Å². The molecule has 5 heteroatoms. The summed E-state index contributed by atoms with van der Waals surface area (Å²) >= 11 is 1.36. The highest BCUT2D eigenvalue weighted by Crippen LogP contribution is 2.20. The van der Waals surface area contributed by atoms with Gasteiger partial charge in [0.05, 0.1) is 4.88 Å². The zero-order valence-corrected chi connectivity index (χ0v) is 6.75. The number of hydrogen-bond donors (Lipinski definition) is 0. The number of aldehydes is 1. The lowest BCUT2D eigenvalue weighted by Gasteiger charge is -1.81. The maximum atomic E-state index is 10.3. The number of nitrogens with zero attached hydrogens (tertiary/aromatic N) is 2. The second-order valence-corrected chi connectivity index (χ2v) is 3.05. The van der Waals surface area contributed by atoms with Crippen LogP contribution >= 0.6 is 11.3 Å². The maximum Gasteiger partial charge on any atom is 0.214 e. The van der Waals surface area contributed by atoms with Gasteiger partial charge < -0.3 is 4.52 Å². The van der Waals surface area contributed by atoms with E-state index in [2.05, 4.69) is 14.7 Å². The standard InChI is InChI=1S/C7H4N2O2S/c10-2-6-1-5(3-12-6)7-8-4-11-9-7/h1-4H. The minimum atomic E-state index is 0.513. The Morgan fingerprint density at radius 2 is 2.50 bits per heavy atom. The normalized spacial score (nSPS) is 10.0. The average molecular weight is 180 g/mol. The summed E-state index contributed by atoms with van der Waals surface area (Å²) < 4.78 is 4.57. The van der Waals surface area contributed by atoms with Crippen LogP contribution in [0.25, 0.3) is 11.4 Å². The third-order valence-electron chi connectivity index (χ3n) is 1.36. The second kappa shape index (κ2) is 2.86. The molecule has 0 aliphatic carbocycles. The van der Waals surface area contributed by atoms with E-state index >= 15 is 0 Å². The van der Waals surface area contributed by atoms with E-state index in [1.54, 1.807) is 6.07 Å². The molecule has 0 aliphatic rings. The van der Waals surface area contributed by atoms with E-state index in [0.29, 0.717) is 10.7 Å². The van der Waals surface area contributed by atoms with Crippen LogP contribution in [0.3, 0.4) is 0 Å². The summed E-state index contributed by atoms with van der Waals surface area (Å²) in [5.41, 5.74) is 0.816. The van der Waals surface area contributed by atoms with Crippen molar-refractivity contribution >= 4 is 17.6 Å². The Hall–Kier alpha value is -1.49. The van der Waals surface area contributed by atoms with Crippen molar-refractivity contribution in [2.75, 3.05) is 0 Å². The summed E-state index contributed by atoms with van der Waals surface area (Å²) in [6.07, 6.45) is 2.06. The van der Waals surface area contributed by atoms with Gasteiger partial charge in [-0.05, 0) is 6.07 Å². The molecule has 0 spiro atoms. The quantitative estimate of drug-likeness (QED) is 0.659. The number of carbonyl (C=O) groups is 1. The minimum Gasteiger partial charge on any atom is -0.342 e. The molecule has 4 nitrogen and oxygen atoms in total. The largest absolute Gasteiger partial charge is 0.342 e. The summed E-state index contributed by atoms with van der Waals surface area (Å²) in [4.78, 5) is 14.8. The molecule has 0 amide bonds. The lowest BCUT2D eigenvalue weighted by Crippen LogP contribution is -1.74. The minimum absolute atomic E-state index is 0.513. The molecule has 2 aromatic rings. The van der Waals surface area contributed by atoms with E-state index in [4.69, 9.17) is 0 Å². The molecule has 0 atom stereocenters. The zero-order valence-electron chi connectivity index (χ0n) is 5.93. The van der Waals surface area contributed by atoms with Gasteiger partial charge in [0.1, 0.15) is 0 Å². The van der Waals surface area contributed by atoms with E-state index in [-0.39, 0.29) is 0 Å². The van der Waals surface area contributed by atoms with Gasteiger partial charge in [-0.15, -0.1) is 11.3 Å². The van der Waals surface area contributed by atoms with Gasteiger partial charge in [-0.3, -0.25) is 4.79 Å². The number of carbonyl (C=O) groups excluding carboxylic acids is 1. The topological polar surface area (TPSA) is 56.0 Å². The molecule has 2 rings (SSSR count). The summed E-state index contributed by atoms with van der Waals surface area (Å²) in [5, 5.41) is 5.45. The van der Waals surface area contributed by atoms with E-state index in [9.17, 15) is 4.79 Å². The smallest absolute Gasteiger partial charge is 0.214 e. The van der Waals surface area contributed by atoms with Crippen molar-refractivity contribution in [3.8, 4) is 11.4 Å². The van der Waals surface area contributed by atoms with Crippen LogP contribution < -0.4 is 0 Å². The van der Waals surface area contributed by atoms with Crippen molar-refractivity contribution < 1.29 is 9.32 Å². The fraction of sp³-hybridized carbons (Fsp3) is 0. The van der Waals surface area contributed by atoms with E-state index in [0.717, 1.165) is 11.8 Å². The molecule has 2 heterocycles. The van der Waals surface area contributed by atoms with Crippen LogP contribution in [0.15, 0.2) is 22.4 Å². The van der Waals surface area contributed by atoms with Crippen molar-refractivity contribution in [1.29, 1.82) is 0 Å². The first kappa shape index (κ1) is 7.17. The molecule has 0 bridgehead atoms. The maximum absolute atomic E-state index is 10.3. The van der Waals surface area contributed by atoms with Crippen LogP contribution in [0.4, 0.5) is 0 Å². The number of aromatic nitrogens is 2. The first-order valence-corrected chi connectivity index (χ1v) is 4.08. The fourth-order valence-corrected chi connectivity index (χ4v) is 1.52. The SMILES string of the molecule is O=Cc1cc(-c2ncon2)cs1. The Balaban J connectivity index is 2.41. The van der Waals surface area contributed by atoms with E-state index in [1.165, 1.54) is 17.7 Å². The van der Waals surface area contributed by atoms with Crippen LogP contribution in [-0.4, -0.2) is 16.4 Å². The molecule has 60 valence electrons. The predicted molar refractivity (Wildman–Crippen MR) is 43.0 cm³/mol. The highest BCUT2D eigenvalue weighted by atomic mass is 32.1. The van der Waals surface area contributed by atoms with Crippen molar-refractivity contribution in [3.63, 3.8) is 0 Å². The molecule has 0 saturated carbocycles. The fourth-order valence-electron chi connectivity index (χ4n) is 0.830. The van der Waals surface area contributed by atoms with Crippen molar-refractivity contribution in [3.05, 3.63) is 22.7 Å². The molecule has 2 aromatic heterocycles. The monoisotopic (exact) mass is 180 g/mol. The van der Waals surface area contributed by atoms with Crippen LogP contribution in [0.2, 0.25) is 0 Å². The molecule has 0 N–H and O–H groups in total. The Kier molecular flexibility index (Phi) is 1.71. The molecule has 0 aliphatic heterocycles. The molecule has 0 saturated heterocycles. The lowest BCUT2D eigenvalue weighted by molar-refractivity contribution is 0.112. The molecule has 0 aromatic carbocycles. The van der Waals surface area contributed by atoms with Gasteiger partial charge in [-0.1, -0.05) is 5.16 Å². The first-order valence-electron chi connectivity index (χ1n) is 3.20. The van der Waals surface area contributed by atoms with E-state index < -0.39 is 0 Å². The van der Waals surface area contributed by atoms with E-state index in [1.807, 2.05) is 5.38 Å². The second-order valence-electron chi connectivity index (χ2n) is 2.11.